The molecule has 2 heterocycles. The van der Waals surface area contributed by atoms with Gasteiger partial charge in [-0.25, -0.2) is 0 Å². The second kappa shape index (κ2) is 3.75. The van der Waals surface area contributed by atoms with Gasteiger partial charge in [-0.1, -0.05) is 0 Å². The molecule has 0 aromatic carbocycles. The number of carbonyl (C=O) groups excluding carboxylic acids is 1. The summed E-state index contributed by atoms with van der Waals surface area (Å²) in [6.45, 7) is 2.02. The standard InChI is InChI=1S/C10H10N2OS2/c1-6-3-4-15-8(6)5-7-9(13)12(2)10(14)11-7/h3-5H,1-2H3,(H,11,14)/b7-5-. The lowest BCUT2D eigenvalue weighted by Gasteiger charge is -2.02. The molecule has 5 heteroatoms. The number of thiophene rings is 1. The van der Waals surface area contributed by atoms with Crippen LogP contribution in [0.2, 0.25) is 0 Å². The monoisotopic (exact) mass is 238 g/mol. The third kappa shape index (κ3) is 1.80. The van der Waals surface area contributed by atoms with Crippen molar-refractivity contribution in [3.63, 3.8) is 0 Å². The Morgan fingerprint density at radius 3 is 2.80 bits per heavy atom. The molecule has 1 amide bonds. The minimum Gasteiger partial charge on any atom is -0.328 e. The van der Waals surface area contributed by atoms with E-state index in [1.165, 1.54) is 10.5 Å². The van der Waals surface area contributed by atoms with Crippen LogP contribution in [0.4, 0.5) is 0 Å². The highest BCUT2D eigenvalue weighted by atomic mass is 32.1. The number of thiocarbonyl (C=S) groups is 1. The summed E-state index contributed by atoms with van der Waals surface area (Å²) in [6, 6.07) is 2.03. The van der Waals surface area contributed by atoms with E-state index in [1.54, 1.807) is 18.4 Å². The smallest absolute Gasteiger partial charge is 0.276 e. The van der Waals surface area contributed by atoms with Gasteiger partial charge in [-0.15, -0.1) is 11.3 Å². The van der Waals surface area contributed by atoms with Gasteiger partial charge in [0.15, 0.2) is 5.11 Å². The average Bonchev–Trinajstić information content (AvgIpc) is 2.69. The van der Waals surface area contributed by atoms with Crippen molar-refractivity contribution >= 4 is 40.7 Å². The van der Waals surface area contributed by atoms with Gasteiger partial charge in [0.25, 0.3) is 5.91 Å². The number of rotatable bonds is 1. The van der Waals surface area contributed by atoms with Crippen LogP contribution in [0.5, 0.6) is 0 Å². The summed E-state index contributed by atoms with van der Waals surface area (Å²) in [7, 11) is 1.67. The zero-order valence-electron chi connectivity index (χ0n) is 8.40. The number of hydrogen-bond donors (Lipinski definition) is 1. The first kappa shape index (κ1) is 10.3. The molecule has 0 saturated carbocycles. The number of nitrogens with zero attached hydrogens (tertiary/aromatic N) is 1. The topological polar surface area (TPSA) is 32.3 Å². The number of likely N-dealkylation sites (N-methyl/N-ethyl adjacent to an activating group) is 1. The summed E-state index contributed by atoms with van der Waals surface area (Å²) in [5.74, 6) is -0.0761. The van der Waals surface area contributed by atoms with Gasteiger partial charge in [0.1, 0.15) is 5.70 Å². The van der Waals surface area contributed by atoms with E-state index < -0.39 is 0 Å². The van der Waals surface area contributed by atoms with E-state index in [0.717, 1.165) is 4.88 Å². The predicted octanol–water partition coefficient (Wildman–Crippen LogP) is 1.74. The van der Waals surface area contributed by atoms with Crippen molar-refractivity contribution in [2.75, 3.05) is 7.05 Å². The van der Waals surface area contributed by atoms with E-state index in [2.05, 4.69) is 5.32 Å². The molecule has 15 heavy (non-hydrogen) atoms. The molecule has 1 fully saturated rings. The van der Waals surface area contributed by atoms with E-state index in [-0.39, 0.29) is 5.91 Å². The highest BCUT2D eigenvalue weighted by molar-refractivity contribution is 7.80. The van der Waals surface area contributed by atoms with Crippen LogP contribution < -0.4 is 5.32 Å². The molecule has 1 saturated heterocycles. The predicted molar refractivity (Wildman–Crippen MR) is 65.5 cm³/mol. The molecule has 3 nitrogen and oxygen atoms in total. The van der Waals surface area contributed by atoms with Crippen molar-refractivity contribution in [2.24, 2.45) is 0 Å². The molecule has 0 radical (unpaired) electrons. The van der Waals surface area contributed by atoms with Crippen LogP contribution in [0.3, 0.4) is 0 Å². The molecule has 0 spiro atoms. The quantitative estimate of drug-likeness (QED) is 0.597. The van der Waals surface area contributed by atoms with E-state index in [4.69, 9.17) is 12.2 Å². The molecular weight excluding hydrogens is 228 g/mol. The summed E-state index contributed by atoms with van der Waals surface area (Å²) in [4.78, 5) is 14.2. The van der Waals surface area contributed by atoms with E-state index in [0.29, 0.717) is 10.8 Å². The zero-order valence-corrected chi connectivity index (χ0v) is 10.0. The van der Waals surface area contributed by atoms with Crippen LogP contribution in [0.25, 0.3) is 6.08 Å². The lowest BCUT2D eigenvalue weighted by molar-refractivity contribution is -0.121. The fourth-order valence-corrected chi connectivity index (χ4v) is 2.34. The molecular formula is C10H10N2OS2. The van der Waals surface area contributed by atoms with Gasteiger partial charge >= 0.3 is 0 Å². The Bertz CT molecular complexity index is 462. The number of amides is 1. The number of carbonyl (C=O) groups is 1. The molecule has 1 aromatic heterocycles. The maximum atomic E-state index is 11.7. The Kier molecular flexibility index (Phi) is 2.58. The number of aryl methyl sites for hydroxylation is 1. The van der Waals surface area contributed by atoms with Crippen LogP contribution in [0.15, 0.2) is 17.1 Å². The molecule has 1 aliphatic heterocycles. The summed E-state index contributed by atoms with van der Waals surface area (Å²) >= 11 is 6.59. The maximum absolute atomic E-state index is 11.7. The van der Waals surface area contributed by atoms with E-state index in [9.17, 15) is 4.79 Å². The molecule has 2 rings (SSSR count). The van der Waals surface area contributed by atoms with Crippen LogP contribution >= 0.6 is 23.6 Å². The second-order valence-corrected chi connectivity index (χ2v) is 4.65. The first-order valence-electron chi connectivity index (χ1n) is 4.44. The van der Waals surface area contributed by atoms with Gasteiger partial charge < -0.3 is 5.32 Å². The third-order valence-corrected chi connectivity index (χ3v) is 3.60. The van der Waals surface area contributed by atoms with Crippen molar-refractivity contribution in [3.8, 4) is 0 Å². The number of hydrogen-bond acceptors (Lipinski definition) is 3. The summed E-state index contributed by atoms with van der Waals surface area (Å²) in [5.41, 5.74) is 1.72. The Balaban J connectivity index is 2.34. The summed E-state index contributed by atoms with van der Waals surface area (Å²) in [6.07, 6.45) is 1.85. The van der Waals surface area contributed by atoms with E-state index in [1.807, 2.05) is 24.4 Å². The van der Waals surface area contributed by atoms with Crippen LogP contribution in [-0.2, 0) is 4.79 Å². The summed E-state index contributed by atoms with van der Waals surface area (Å²) < 4.78 is 0. The van der Waals surface area contributed by atoms with Crippen LogP contribution in [-0.4, -0.2) is 23.0 Å². The van der Waals surface area contributed by atoms with Gasteiger partial charge in [0, 0.05) is 11.9 Å². The molecule has 1 aliphatic rings. The van der Waals surface area contributed by atoms with Gasteiger partial charge in [-0.2, -0.15) is 0 Å². The Morgan fingerprint density at radius 2 is 2.33 bits per heavy atom. The Hall–Kier alpha value is -1.20. The largest absolute Gasteiger partial charge is 0.328 e. The van der Waals surface area contributed by atoms with Gasteiger partial charge in [0.05, 0.1) is 0 Å². The second-order valence-electron chi connectivity index (χ2n) is 3.32. The van der Waals surface area contributed by atoms with Gasteiger partial charge in [-0.3, -0.25) is 9.69 Å². The summed E-state index contributed by atoms with van der Waals surface area (Å²) in [5, 5.41) is 5.36. The molecule has 0 atom stereocenters. The van der Waals surface area contributed by atoms with Crippen molar-refractivity contribution < 1.29 is 4.79 Å². The van der Waals surface area contributed by atoms with Crippen LogP contribution in [0, 0.1) is 6.92 Å². The Morgan fingerprint density at radius 1 is 1.60 bits per heavy atom. The lowest BCUT2D eigenvalue weighted by atomic mass is 10.2. The molecule has 0 aliphatic carbocycles. The van der Waals surface area contributed by atoms with Crippen molar-refractivity contribution in [2.45, 2.75) is 6.92 Å². The fraction of sp³-hybridized carbons (Fsp3) is 0.200. The molecule has 1 N–H and O–H groups in total. The molecule has 0 unspecified atom stereocenters. The minimum atomic E-state index is -0.0761. The van der Waals surface area contributed by atoms with E-state index >= 15 is 0 Å². The van der Waals surface area contributed by atoms with Crippen molar-refractivity contribution in [1.82, 2.24) is 10.2 Å². The molecule has 0 bridgehead atoms. The van der Waals surface area contributed by atoms with Crippen molar-refractivity contribution in [1.29, 1.82) is 0 Å². The average molecular weight is 238 g/mol. The highest BCUT2D eigenvalue weighted by Crippen LogP contribution is 2.20. The zero-order chi connectivity index (χ0) is 11.0. The highest BCUT2D eigenvalue weighted by Gasteiger charge is 2.27. The maximum Gasteiger partial charge on any atom is 0.276 e. The first-order chi connectivity index (χ1) is 7.09. The lowest BCUT2D eigenvalue weighted by Crippen LogP contribution is -2.25. The van der Waals surface area contributed by atoms with Gasteiger partial charge in [0.2, 0.25) is 0 Å². The fourth-order valence-electron chi connectivity index (χ4n) is 1.29. The normalized spacial score (nSPS) is 18.8. The molecule has 78 valence electrons. The van der Waals surface area contributed by atoms with Crippen LogP contribution in [0.1, 0.15) is 10.4 Å². The molecule has 1 aromatic rings. The third-order valence-electron chi connectivity index (χ3n) is 2.26. The first-order valence-corrected chi connectivity index (χ1v) is 5.73. The number of nitrogens with one attached hydrogen (secondary N) is 1. The van der Waals surface area contributed by atoms with Crippen molar-refractivity contribution in [3.05, 3.63) is 27.6 Å². The van der Waals surface area contributed by atoms with Gasteiger partial charge in [-0.05, 0) is 42.2 Å². The Labute approximate surface area is 97.4 Å². The minimum absolute atomic E-state index is 0.0761. The SMILES string of the molecule is Cc1ccsc1/C=C1\NC(=S)N(C)C1=O.